The molecule has 1 atom stereocenters. The average Bonchev–Trinajstić information content (AvgIpc) is 2.56. The molecule has 24 heavy (non-hydrogen) atoms. The van der Waals surface area contributed by atoms with Crippen LogP contribution in [0.1, 0.15) is 24.5 Å². The maximum Gasteiger partial charge on any atom is 0.317 e. The molecule has 0 fully saturated rings. The van der Waals surface area contributed by atoms with Gasteiger partial charge in [-0.1, -0.05) is 41.9 Å². The topological polar surface area (TPSA) is 52.6 Å². The van der Waals surface area contributed by atoms with Crippen molar-refractivity contribution in [3.05, 3.63) is 64.7 Å². The number of hydrogen-bond acceptors (Lipinski definition) is 2. The van der Waals surface area contributed by atoms with Gasteiger partial charge in [-0.2, -0.15) is 0 Å². The van der Waals surface area contributed by atoms with E-state index in [0.717, 1.165) is 24.0 Å². The monoisotopic (exact) mass is 346 g/mol. The average molecular weight is 347 g/mol. The largest absolute Gasteiger partial charge is 0.508 e. The predicted molar refractivity (Wildman–Crippen MR) is 97.3 cm³/mol. The van der Waals surface area contributed by atoms with Crippen LogP contribution in [-0.2, 0) is 13.0 Å². The minimum Gasteiger partial charge on any atom is -0.508 e. The van der Waals surface area contributed by atoms with Crippen LogP contribution in [0.5, 0.6) is 5.75 Å². The summed E-state index contributed by atoms with van der Waals surface area (Å²) in [6.45, 7) is 2.46. The van der Waals surface area contributed by atoms with Gasteiger partial charge in [0.1, 0.15) is 5.75 Å². The summed E-state index contributed by atoms with van der Waals surface area (Å²) in [5.41, 5.74) is 2.06. The van der Waals surface area contributed by atoms with Crippen molar-refractivity contribution in [1.82, 2.24) is 10.2 Å². The number of carbonyl (C=O) groups excluding carboxylic acids is 1. The van der Waals surface area contributed by atoms with Gasteiger partial charge in [-0.25, -0.2) is 4.79 Å². The smallest absolute Gasteiger partial charge is 0.317 e. The molecule has 0 saturated carbocycles. The van der Waals surface area contributed by atoms with E-state index in [1.807, 2.05) is 43.3 Å². The molecule has 2 rings (SSSR count). The fraction of sp³-hybridized carbons (Fsp3) is 0.316. The van der Waals surface area contributed by atoms with Gasteiger partial charge in [-0.15, -0.1) is 0 Å². The lowest BCUT2D eigenvalue weighted by atomic mass is 10.1. The third-order valence-corrected chi connectivity index (χ3v) is 4.25. The molecular weight excluding hydrogens is 324 g/mol. The molecule has 0 bridgehead atoms. The van der Waals surface area contributed by atoms with Gasteiger partial charge in [-0.3, -0.25) is 0 Å². The van der Waals surface area contributed by atoms with Crippen molar-refractivity contribution in [1.29, 1.82) is 0 Å². The molecule has 4 nitrogen and oxygen atoms in total. The zero-order valence-corrected chi connectivity index (χ0v) is 14.8. The quantitative estimate of drug-likeness (QED) is 0.823. The first-order valence-electron chi connectivity index (χ1n) is 7.98. The Morgan fingerprint density at radius 3 is 2.54 bits per heavy atom. The Hall–Kier alpha value is -2.20. The van der Waals surface area contributed by atoms with Crippen LogP contribution in [0.3, 0.4) is 0 Å². The molecule has 0 aromatic heterocycles. The zero-order chi connectivity index (χ0) is 17.5. The Labute approximate surface area is 148 Å². The number of benzene rings is 2. The lowest BCUT2D eigenvalue weighted by Gasteiger charge is -2.22. The molecule has 0 spiro atoms. The normalized spacial score (nSPS) is 11.8. The number of phenols is 1. The van der Waals surface area contributed by atoms with Gasteiger partial charge < -0.3 is 15.3 Å². The summed E-state index contributed by atoms with van der Waals surface area (Å²) in [6.07, 6.45) is 1.67. The molecular formula is C19H23ClN2O2. The fourth-order valence-corrected chi connectivity index (χ4v) is 2.59. The second kappa shape index (κ2) is 8.60. The van der Waals surface area contributed by atoms with Crippen LogP contribution in [0.25, 0.3) is 0 Å². The molecule has 5 heteroatoms. The van der Waals surface area contributed by atoms with E-state index >= 15 is 0 Å². The first-order valence-corrected chi connectivity index (χ1v) is 8.36. The fourth-order valence-electron chi connectivity index (χ4n) is 2.39. The van der Waals surface area contributed by atoms with E-state index in [0.29, 0.717) is 11.6 Å². The third-order valence-electron chi connectivity index (χ3n) is 3.88. The van der Waals surface area contributed by atoms with Crippen LogP contribution in [-0.4, -0.2) is 29.1 Å². The van der Waals surface area contributed by atoms with Crippen molar-refractivity contribution >= 4 is 17.6 Å². The number of hydrogen-bond donors (Lipinski definition) is 2. The van der Waals surface area contributed by atoms with Crippen molar-refractivity contribution in [2.75, 3.05) is 7.05 Å². The molecule has 0 aliphatic carbocycles. The van der Waals surface area contributed by atoms with Gasteiger partial charge in [0.25, 0.3) is 0 Å². The van der Waals surface area contributed by atoms with Crippen molar-refractivity contribution in [3.8, 4) is 5.75 Å². The number of amides is 2. The molecule has 2 aromatic rings. The number of nitrogens with one attached hydrogen (secondary N) is 1. The summed E-state index contributed by atoms with van der Waals surface area (Å²) >= 11 is 6.13. The minimum absolute atomic E-state index is 0.0556. The van der Waals surface area contributed by atoms with Gasteiger partial charge in [0.05, 0.1) is 0 Å². The number of aryl methyl sites for hydroxylation is 1. The highest BCUT2D eigenvalue weighted by Gasteiger charge is 2.13. The Bertz CT molecular complexity index is 673. The minimum atomic E-state index is -0.117. The Morgan fingerprint density at radius 1 is 1.21 bits per heavy atom. The molecule has 2 aromatic carbocycles. The van der Waals surface area contributed by atoms with Crippen molar-refractivity contribution in [3.63, 3.8) is 0 Å². The van der Waals surface area contributed by atoms with Crippen molar-refractivity contribution < 1.29 is 9.90 Å². The van der Waals surface area contributed by atoms with E-state index in [2.05, 4.69) is 5.32 Å². The highest BCUT2D eigenvalue weighted by atomic mass is 35.5. The van der Waals surface area contributed by atoms with Crippen LogP contribution in [0.15, 0.2) is 48.5 Å². The van der Waals surface area contributed by atoms with E-state index in [4.69, 9.17) is 11.6 Å². The lowest BCUT2D eigenvalue weighted by Crippen LogP contribution is -2.41. The summed E-state index contributed by atoms with van der Waals surface area (Å²) in [5.74, 6) is 0.265. The third kappa shape index (κ3) is 5.46. The summed E-state index contributed by atoms with van der Waals surface area (Å²) < 4.78 is 0. The van der Waals surface area contributed by atoms with Crippen molar-refractivity contribution in [2.45, 2.75) is 32.4 Å². The van der Waals surface area contributed by atoms with Gasteiger partial charge in [0.15, 0.2) is 0 Å². The van der Waals surface area contributed by atoms with Crippen LogP contribution >= 0.6 is 11.6 Å². The molecule has 2 N–H and O–H groups in total. The van der Waals surface area contributed by atoms with Crippen molar-refractivity contribution in [2.24, 2.45) is 0 Å². The summed E-state index contributed by atoms with van der Waals surface area (Å²) in [4.78, 5) is 13.9. The van der Waals surface area contributed by atoms with Gasteiger partial charge in [0.2, 0.25) is 0 Å². The molecule has 0 heterocycles. The van der Waals surface area contributed by atoms with Crippen LogP contribution in [0.4, 0.5) is 4.79 Å². The Morgan fingerprint density at radius 2 is 1.88 bits per heavy atom. The summed E-state index contributed by atoms with van der Waals surface area (Å²) in [6, 6.07) is 14.6. The van der Waals surface area contributed by atoms with Gasteiger partial charge in [0, 0.05) is 24.7 Å². The predicted octanol–water partition coefficient (Wildman–Crippen LogP) is 4.21. The number of aromatic hydroxyl groups is 1. The maximum absolute atomic E-state index is 12.3. The second-order valence-corrected chi connectivity index (χ2v) is 6.41. The standard InChI is InChI=1S/C19H23ClN2O2/c1-14(7-8-15-9-11-17(23)12-10-15)21-19(24)22(2)13-16-5-3-4-6-18(16)20/h3-6,9-12,14,23H,7-8,13H2,1-2H3,(H,21,24). The van der Waals surface area contributed by atoms with Crippen LogP contribution in [0.2, 0.25) is 5.02 Å². The number of halogens is 1. The number of carbonyl (C=O) groups is 1. The molecule has 0 radical (unpaired) electrons. The van der Waals surface area contributed by atoms with Crippen LogP contribution < -0.4 is 5.32 Å². The number of urea groups is 1. The molecule has 1 unspecified atom stereocenters. The maximum atomic E-state index is 12.3. The number of rotatable bonds is 6. The lowest BCUT2D eigenvalue weighted by molar-refractivity contribution is 0.203. The summed E-state index contributed by atoms with van der Waals surface area (Å²) in [5, 5.41) is 12.9. The van der Waals surface area contributed by atoms with E-state index in [1.54, 1.807) is 24.1 Å². The highest BCUT2D eigenvalue weighted by molar-refractivity contribution is 6.31. The first kappa shape index (κ1) is 18.1. The molecule has 0 aliphatic rings. The molecule has 128 valence electrons. The first-order chi connectivity index (χ1) is 11.5. The summed E-state index contributed by atoms with van der Waals surface area (Å²) in [7, 11) is 1.76. The Kier molecular flexibility index (Phi) is 6.50. The molecule has 0 aliphatic heterocycles. The second-order valence-electron chi connectivity index (χ2n) is 6.00. The van der Waals surface area contributed by atoms with E-state index in [-0.39, 0.29) is 17.8 Å². The SMILES string of the molecule is CC(CCc1ccc(O)cc1)NC(=O)N(C)Cc1ccccc1Cl. The molecule has 2 amide bonds. The van der Waals surface area contributed by atoms with Gasteiger partial charge >= 0.3 is 6.03 Å². The van der Waals surface area contributed by atoms with E-state index in [1.165, 1.54) is 0 Å². The molecule has 0 saturated heterocycles. The van der Waals surface area contributed by atoms with Crippen LogP contribution in [0, 0.1) is 0 Å². The zero-order valence-electron chi connectivity index (χ0n) is 14.0. The number of nitrogens with zero attached hydrogens (tertiary/aromatic N) is 1. The van der Waals surface area contributed by atoms with E-state index in [9.17, 15) is 9.90 Å². The van der Waals surface area contributed by atoms with E-state index < -0.39 is 0 Å². The van der Waals surface area contributed by atoms with Gasteiger partial charge in [-0.05, 0) is 49.1 Å². The number of phenolic OH excluding ortho intramolecular Hbond substituents is 1. The highest BCUT2D eigenvalue weighted by Crippen LogP contribution is 2.16. The Balaban J connectivity index is 1.80.